The average molecular weight is 324 g/mol. The van der Waals surface area contributed by atoms with Gasteiger partial charge in [-0.25, -0.2) is 4.39 Å². The van der Waals surface area contributed by atoms with E-state index in [4.69, 9.17) is 4.74 Å². The zero-order valence-corrected chi connectivity index (χ0v) is 13.2. The van der Waals surface area contributed by atoms with Gasteiger partial charge >= 0.3 is 0 Å². The van der Waals surface area contributed by atoms with E-state index in [9.17, 15) is 9.18 Å². The van der Waals surface area contributed by atoms with Crippen molar-refractivity contribution in [2.24, 2.45) is 0 Å². The summed E-state index contributed by atoms with van der Waals surface area (Å²) in [6, 6.07) is 15.9. The smallest absolute Gasteiger partial charge is 0.227 e. The minimum atomic E-state index is -1.40. The number of methoxy groups -OCH3 is 1. The van der Waals surface area contributed by atoms with Crippen LogP contribution in [0.15, 0.2) is 60.8 Å². The van der Waals surface area contributed by atoms with E-state index in [1.807, 2.05) is 24.3 Å². The zero-order chi connectivity index (χ0) is 16.9. The summed E-state index contributed by atoms with van der Waals surface area (Å²) in [6.45, 7) is 0. The van der Waals surface area contributed by atoms with Crippen molar-refractivity contribution in [2.75, 3.05) is 12.4 Å². The molecule has 1 amide bonds. The van der Waals surface area contributed by atoms with Crippen molar-refractivity contribution >= 4 is 22.5 Å². The predicted octanol–water partition coefficient (Wildman–Crippen LogP) is 4.28. The summed E-state index contributed by atoms with van der Waals surface area (Å²) in [4.78, 5) is 16.5. The number of nitrogens with one attached hydrogen (secondary N) is 1. The van der Waals surface area contributed by atoms with Gasteiger partial charge in [0.2, 0.25) is 5.91 Å². The minimum Gasteiger partial charge on any atom is -0.497 e. The number of pyridine rings is 1. The van der Waals surface area contributed by atoms with Crippen molar-refractivity contribution in [3.8, 4) is 5.75 Å². The van der Waals surface area contributed by atoms with Gasteiger partial charge < -0.3 is 10.1 Å². The molecule has 0 aliphatic rings. The largest absolute Gasteiger partial charge is 0.497 e. The Balaban J connectivity index is 1.72. The Labute approximate surface area is 139 Å². The zero-order valence-electron chi connectivity index (χ0n) is 13.2. The van der Waals surface area contributed by atoms with Crippen molar-refractivity contribution in [1.82, 2.24) is 4.98 Å². The van der Waals surface area contributed by atoms with Gasteiger partial charge in [0.15, 0.2) is 0 Å². The molecule has 0 bridgehead atoms. The number of hydrogen-bond acceptors (Lipinski definition) is 3. The van der Waals surface area contributed by atoms with Crippen molar-refractivity contribution in [1.29, 1.82) is 0 Å². The fourth-order valence-corrected chi connectivity index (χ4v) is 2.52. The standard InChI is InChI=1S/C19H17FN2O2/c1-24-15-8-2-6-14(11-15)16(20)12-18(23)22-17-9-3-5-13-7-4-10-21-19(13)17/h2-11,16H,12H2,1H3,(H,22,23). The van der Waals surface area contributed by atoms with Crippen molar-refractivity contribution in [2.45, 2.75) is 12.6 Å². The summed E-state index contributed by atoms with van der Waals surface area (Å²) in [5.41, 5.74) is 1.68. The molecule has 5 heteroatoms. The molecule has 1 aromatic heterocycles. The number of nitrogens with zero attached hydrogens (tertiary/aromatic N) is 1. The highest BCUT2D eigenvalue weighted by molar-refractivity contribution is 6.00. The van der Waals surface area contributed by atoms with Crippen LogP contribution >= 0.6 is 0 Å². The summed E-state index contributed by atoms with van der Waals surface area (Å²) in [5.74, 6) is 0.164. The number of carbonyl (C=O) groups excluding carboxylic acids is 1. The number of ether oxygens (including phenoxy) is 1. The molecule has 0 fully saturated rings. The fourth-order valence-electron chi connectivity index (χ4n) is 2.52. The van der Waals surface area contributed by atoms with Crippen LogP contribution in [0.25, 0.3) is 10.9 Å². The molecular weight excluding hydrogens is 307 g/mol. The van der Waals surface area contributed by atoms with Gasteiger partial charge in [-0.3, -0.25) is 9.78 Å². The monoisotopic (exact) mass is 324 g/mol. The molecule has 4 nitrogen and oxygen atoms in total. The molecule has 3 rings (SSSR count). The van der Waals surface area contributed by atoms with Crippen LogP contribution in [-0.2, 0) is 4.79 Å². The van der Waals surface area contributed by atoms with E-state index in [-0.39, 0.29) is 6.42 Å². The molecular formula is C19H17FN2O2. The van der Waals surface area contributed by atoms with Crippen LogP contribution in [-0.4, -0.2) is 18.0 Å². The highest BCUT2D eigenvalue weighted by atomic mass is 19.1. The molecule has 1 atom stereocenters. The third-order valence-electron chi connectivity index (χ3n) is 3.73. The maximum atomic E-state index is 14.4. The molecule has 1 heterocycles. The Morgan fingerprint density at radius 1 is 1.21 bits per heavy atom. The maximum absolute atomic E-state index is 14.4. The van der Waals surface area contributed by atoms with E-state index in [1.165, 1.54) is 7.11 Å². The van der Waals surface area contributed by atoms with E-state index in [1.54, 1.807) is 36.5 Å². The lowest BCUT2D eigenvalue weighted by molar-refractivity contribution is -0.117. The normalized spacial score (nSPS) is 11.9. The van der Waals surface area contributed by atoms with E-state index in [0.717, 1.165) is 5.39 Å². The van der Waals surface area contributed by atoms with Crippen LogP contribution in [0.2, 0.25) is 0 Å². The molecule has 0 spiro atoms. The SMILES string of the molecule is COc1cccc(C(F)CC(=O)Nc2cccc3cccnc23)c1. The van der Waals surface area contributed by atoms with Crippen molar-refractivity contribution in [3.05, 3.63) is 66.4 Å². The van der Waals surface area contributed by atoms with E-state index in [0.29, 0.717) is 22.5 Å². The molecule has 0 saturated carbocycles. The van der Waals surface area contributed by atoms with E-state index < -0.39 is 12.1 Å². The number of aromatic nitrogens is 1. The lowest BCUT2D eigenvalue weighted by Gasteiger charge is -2.11. The lowest BCUT2D eigenvalue weighted by atomic mass is 10.1. The van der Waals surface area contributed by atoms with Gasteiger partial charge in [0.25, 0.3) is 0 Å². The number of rotatable bonds is 5. The minimum absolute atomic E-state index is 0.267. The maximum Gasteiger partial charge on any atom is 0.227 e. The number of anilines is 1. The van der Waals surface area contributed by atoms with Crippen LogP contribution in [0.4, 0.5) is 10.1 Å². The molecule has 0 aliphatic heterocycles. The average Bonchev–Trinajstić information content (AvgIpc) is 2.62. The number of alkyl halides is 1. The summed E-state index contributed by atoms with van der Waals surface area (Å²) in [6.07, 6.45) is -0.00852. The van der Waals surface area contributed by atoms with Gasteiger partial charge in [0.1, 0.15) is 11.9 Å². The Bertz CT molecular complexity index is 861. The molecule has 3 aromatic rings. The van der Waals surface area contributed by atoms with Crippen LogP contribution < -0.4 is 10.1 Å². The molecule has 24 heavy (non-hydrogen) atoms. The van der Waals surface area contributed by atoms with E-state index >= 15 is 0 Å². The number of carbonyl (C=O) groups is 1. The van der Waals surface area contributed by atoms with Crippen LogP contribution in [0.1, 0.15) is 18.2 Å². The summed E-state index contributed by atoms with van der Waals surface area (Å²) in [5, 5.41) is 3.66. The summed E-state index contributed by atoms with van der Waals surface area (Å²) in [7, 11) is 1.52. The van der Waals surface area contributed by atoms with Crippen molar-refractivity contribution < 1.29 is 13.9 Å². The third kappa shape index (κ3) is 3.51. The number of fused-ring (bicyclic) bond motifs is 1. The highest BCUT2D eigenvalue weighted by Gasteiger charge is 2.16. The van der Waals surface area contributed by atoms with Gasteiger partial charge in [0, 0.05) is 11.6 Å². The van der Waals surface area contributed by atoms with Gasteiger partial charge in [-0.05, 0) is 29.8 Å². The topological polar surface area (TPSA) is 51.2 Å². The first-order valence-corrected chi connectivity index (χ1v) is 7.59. The second kappa shape index (κ2) is 7.08. The summed E-state index contributed by atoms with van der Waals surface area (Å²) < 4.78 is 19.5. The second-order valence-corrected chi connectivity index (χ2v) is 5.38. The number of benzene rings is 2. The molecule has 2 aromatic carbocycles. The van der Waals surface area contributed by atoms with Crippen LogP contribution in [0, 0.1) is 0 Å². The predicted molar refractivity (Wildman–Crippen MR) is 91.8 cm³/mol. The first-order valence-electron chi connectivity index (χ1n) is 7.59. The number of para-hydroxylation sites is 1. The van der Waals surface area contributed by atoms with E-state index in [2.05, 4.69) is 10.3 Å². The number of amides is 1. The number of halogens is 1. The second-order valence-electron chi connectivity index (χ2n) is 5.38. The quantitative estimate of drug-likeness (QED) is 0.762. The molecule has 1 unspecified atom stereocenters. The summed E-state index contributed by atoms with van der Waals surface area (Å²) >= 11 is 0. The van der Waals surface area contributed by atoms with Crippen molar-refractivity contribution in [3.63, 3.8) is 0 Å². The van der Waals surface area contributed by atoms with Gasteiger partial charge in [-0.2, -0.15) is 0 Å². The Morgan fingerprint density at radius 3 is 2.83 bits per heavy atom. The highest BCUT2D eigenvalue weighted by Crippen LogP contribution is 2.26. The van der Waals surface area contributed by atoms with Gasteiger partial charge in [-0.15, -0.1) is 0 Å². The third-order valence-corrected chi connectivity index (χ3v) is 3.73. The fraction of sp³-hybridized carbons (Fsp3) is 0.158. The Morgan fingerprint density at radius 2 is 2.00 bits per heavy atom. The molecule has 0 aliphatic carbocycles. The molecule has 0 radical (unpaired) electrons. The first-order chi connectivity index (χ1) is 11.7. The molecule has 0 saturated heterocycles. The first kappa shape index (κ1) is 15.9. The number of hydrogen-bond donors (Lipinski definition) is 1. The Kier molecular flexibility index (Phi) is 4.70. The van der Waals surface area contributed by atoms with Crippen LogP contribution in [0.5, 0.6) is 5.75 Å². The van der Waals surface area contributed by atoms with Gasteiger partial charge in [-0.1, -0.05) is 30.3 Å². The molecule has 122 valence electrons. The Hall–Kier alpha value is -2.95. The lowest BCUT2D eigenvalue weighted by Crippen LogP contribution is -2.14. The van der Waals surface area contributed by atoms with Gasteiger partial charge in [0.05, 0.1) is 24.7 Å². The van der Waals surface area contributed by atoms with Crippen LogP contribution in [0.3, 0.4) is 0 Å². The molecule has 1 N–H and O–H groups in total.